The molecule has 3 aliphatic carbocycles. The highest BCUT2D eigenvalue weighted by Crippen LogP contribution is 2.53. The fourth-order valence-corrected chi connectivity index (χ4v) is 3.00. The van der Waals surface area contributed by atoms with Crippen molar-refractivity contribution in [3.8, 4) is 0 Å². The maximum Gasteiger partial charge on any atom is 0.331 e. The van der Waals surface area contributed by atoms with Gasteiger partial charge in [0.1, 0.15) is 0 Å². The van der Waals surface area contributed by atoms with Gasteiger partial charge < -0.3 is 10.2 Å². The number of rotatable bonds is 2. The third-order valence-corrected chi connectivity index (χ3v) is 3.70. The van der Waals surface area contributed by atoms with Crippen LogP contribution in [0.4, 0.5) is 0 Å². The summed E-state index contributed by atoms with van der Waals surface area (Å²) in [6, 6.07) is 0. The maximum absolute atomic E-state index is 11.0. The Hall–Kier alpha value is -1.84. The second-order valence-electron chi connectivity index (χ2n) is 4.47. The summed E-state index contributed by atoms with van der Waals surface area (Å²) >= 11 is 0. The van der Waals surface area contributed by atoms with E-state index >= 15 is 0 Å². The first-order valence-corrected chi connectivity index (χ1v) is 5.18. The van der Waals surface area contributed by atoms with E-state index in [1.807, 2.05) is 0 Å². The van der Waals surface area contributed by atoms with Crippen LogP contribution >= 0.6 is 0 Å². The molecule has 4 heteroatoms. The summed E-state index contributed by atoms with van der Waals surface area (Å²) in [6.45, 7) is 0. The minimum Gasteiger partial charge on any atom is -0.478 e. The van der Waals surface area contributed by atoms with E-state index in [0.29, 0.717) is 17.6 Å². The van der Waals surface area contributed by atoms with E-state index < -0.39 is 11.9 Å². The average molecular weight is 218 g/mol. The van der Waals surface area contributed by atoms with Crippen molar-refractivity contribution in [2.75, 3.05) is 0 Å². The number of allylic oxidation sites excluding steroid dienone is 4. The van der Waals surface area contributed by atoms with Crippen LogP contribution in [0.25, 0.3) is 0 Å². The standard InChI is InChI=1S/C12H10O4/c13-11(14)6-3-7-5-1-9(8(7)4-6)10(2-5)12(15)16/h2,4,8-9H,1,3H2,(H,13,14)(H,15,16). The first-order chi connectivity index (χ1) is 7.58. The molecule has 3 rings (SSSR count). The van der Waals surface area contributed by atoms with Crippen molar-refractivity contribution in [2.45, 2.75) is 12.8 Å². The van der Waals surface area contributed by atoms with E-state index in [2.05, 4.69) is 0 Å². The van der Waals surface area contributed by atoms with E-state index in [-0.39, 0.29) is 11.8 Å². The van der Waals surface area contributed by atoms with Gasteiger partial charge in [0.15, 0.2) is 0 Å². The molecule has 0 radical (unpaired) electrons. The Morgan fingerprint density at radius 3 is 2.62 bits per heavy atom. The minimum absolute atomic E-state index is 0.0252. The quantitative estimate of drug-likeness (QED) is 0.733. The van der Waals surface area contributed by atoms with Gasteiger partial charge in [-0.15, -0.1) is 0 Å². The van der Waals surface area contributed by atoms with E-state index in [0.717, 1.165) is 17.6 Å². The predicted octanol–water partition coefficient (Wildman–Crippen LogP) is 1.36. The molecule has 0 amide bonds. The number of carbonyl (C=O) groups is 2. The fraction of sp³-hybridized carbons (Fsp3) is 0.333. The zero-order valence-electron chi connectivity index (χ0n) is 8.43. The third-order valence-electron chi connectivity index (χ3n) is 3.70. The van der Waals surface area contributed by atoms with Crippen molar-refractivity contribution in [3.63, 3.8) is 0 Å². The summed E-state index contributed by atoms with van der Waals surface area (Å²) < 4.78 is 0. The summed E-state index contributed by atoms with van der Waals surface area (Å²) in [5.74, 6) is -1.77. The molecule has 0 saturated carbocycles. The number of fused-ring (bicyclic) bond motifs is 4. The molecule has 0 spiro atoms. The van der Waals surface area contributed by atoms with Gasteiger partial charge in [0.05, 0.1) is 0 Å². The lowest BCUT2D eigenvalue weighted by atomic mass is 9.87. The molecule has 0 aromatic rings. The highest BCUT2D eigenvalue weighted by Gasteiger charge is 2.45. The molecule has 16 heavy (non-hydrogen) atoms. The van der Waals surface area contributed by atoms with Crippen molar-refractivity contribution >= 4 is 11.9 Å². The van der Waals surface area contributed by atoms with Crippen LogP contribution < -0.4 is 0 Å². The number of aliphatic carboxylic acids is 2. The molecular weight excluding hydrogens is 208 g/mol. The van der Waals surface area contributed by atoms with Crippen molar-refractivity contribution in [3.05, 3.63) is 34.4 Å². The lowest BCUT2D eigenvalue weighted by Gasteiger charge is -2.16. The van der Waals surface area contributed by atoms with Gasteiger partial charge in [0, 0.05) is 29.4 Å². The molecule has 0 aromatic heterocycles. The molecule has 2 unspecified atom stereocenters. The Labute approximate surface area is 91.6 Å². The van der Waals surface area contributed by atoms with Gasteiger partial charge in [-0.05, 0) is 18.1 Å². The number of carboxylic acid groups (broad SMARTS) is 2. The molecule has 82 valence electrons. The van der Waals surface area contributed by atoms with Crippen LogP contribution in [0.3, 0.4) is 0 Å². The molecule has 0 aliphatic heterocycles. The lowest BCUT2D eigenvalue weighted by Crippen LogP contribution is -2.15. The molecule has 2 N–H and O–H groups in total. The molecular formula is C12H10O4. The number of hydrogen-bond donors (Lipinski definition) is 2. The Morgan fingerprint density at radius 1 is 1.25 bits per heavy atom. The molecule has 0 saturated heterocycles. The van der Waals surface area contributed by atoms with Crippen LogP contribution in [-0.2, 0) is 9.59 Å². The zero-order valence-corrected chi connectivity index (χ0v) is 8.43. The Balaban J connectivity index is 1.99. The van der Waals surface area contributed by atoms with Gasteiger partial charge in [-0.3, -0.25) is 0 Å². The van der Waals surface area contributed by atoms with Crippen LogP contribution in [-0.4, -0.2) is 22.2 Å². The van der Waals surface area contributed by atoms with Crippen molar-refractivity contribution in [2.24, 2.45) is 11.8 Å². The fourth-order valence-electron chi connectivity index (χ4n) is 3.00. The predicted molar refractivity (Wildman–Crippen MR) is 54.7 cm³/mol. The average Bonchev–Trinajstić information content (AvgIpc) is 2.87. The smallest absolute Gasteiger partial charge is 0.331 e. The summed E-state index contributed by atoms with van der Waals surface area (Å²) in [4.78, 5) is 21.8. The van der Waals surface area contributed by atoms with Gasteiger partial charge >= 0.3 is 11.9 Å². The number of hydrogen-bond acceptors (Lipinski definition) is 2. The first kappa shape index (κ1) is 9.39. The highest BCUT2D eigenvalue weighted by molar-refractivity contribution is 5.92. The van der Waals surface area contributed by atoms with Crippen molar-refractivity contribution < 1.29 is 19.8 Å². The first-order valence-electron chi connectivity index (χ1n) is 5.18. The van der Waals surface area contributed by atoms with E-state index in [4.69, 9.17) is 10.2 Å². The SMILES string of the molecule is O=C(O)C1=CC2C(=C3C=C(C(=O)O)C2C3)C1. The second-order valence-corrected chi connectivity index (χ2v) is 4.47. The Kier molecular flexibility index (Phi) is 1.67. The van der Waals surface area contributed by atoms with Gasteiger partial charge in [-0.1, -0.05) is 11.6 Å². The van der Waals surface area contributed by atoms with Gasteiger partial charge in [0.25, 0.3) is 0 Å². The van der Waals surface area contributed by atoms with Crippen LogP contribution in [0, 0.1) is 11.8 Å². The van der Waals surface area contributed by atoms with Crippen LogP contribution in [0.1, 0.15) is 12.8 Å². The minimum atomic E-state index is -0.890. The van der Waals surface area contributed by atoms with Crippen LogP contribution in [0.2, 0.25) is 0 Å². The molecule has 4 nitrogen and oxygen atoms in total. The topological polar surface area (TPSA) is 74.6 Å². The summed E-state index contributed by atoms with van der Waals surface area (Å²) in [5.41, 5.74) is 3.00. The van der Waals surface area contributed by atoms with E-state index in [1.165, 1.54) is 0 Å². The molecule has 0 aromatic carbocycles. The molecule has 2 atom stereocenters. The van der Waals surface area contributed by atoms with Crippen LogP contribution in [0.15, 0.2) is 34.4 Å². The largest absolute Gasteiger partial charge is 0.478 e. The molecule has 2 bridgehead atoms. The van der Waals surface area contributed by atoms with Gasteiger partial charge in [-0.2, -0.15) is 0 Å². The van der Waals surface area contributed by atoms with Crippen LogP contribution in [0.5, 0.6) is 0 Å². The summed E-state index contributed by atoms with van der Waals surface area (Å²) in [6.07, 6.45) is 4.70. The third kappa shape index (κ3) is 1.04. The van der Waals surface area contributed by atoms with E-state index in [9.17, 15) is 9.59 Å². The normalized spacial score (nSPS) is 30.2. The molecule has 3 aliphatic rings. The van der Waals surface area contributed by atoms with Gasteiger partial charge in [-0.25, -0.2) is 9.59 Å². The van der Waals surface area contributed by atoms with Crippen molar-refractivity contribution in [1.29, 1.82) is 0 Å². The second kappa shape index (κ2) is 2.84. The molecule has 0 heterocycles. The summed E-state index contributed by atoms with van der Waals surface area (Å²) in [5, 5.41) is 17.9. The Morgan fingerprint density at radius 2 is 2.00 bits per heavy atom. The zero-order chi connectivity index (χ0) is 11.4. The van der Waals surface area contributed by atoms with E-state index in [1.54, 1.807) is 12.2 Å². The van der Waals surface area contributed by atoms with Gasteiger partial charge in [0.2, 0.25) is 0 Å². The lowest BCUT2D eigenvalue weighted by molar-refractivity contribution is -0.133. The monoisotopic (exact) mass is 218 g/mol. The molecule has 0 fully saturated rings. The highest BCUT2D eigenvalue weighted by atomic mass is 16.4. The Bertz CT molecular complexity index is 507. The summed E-state index contributed by atoms with van der Waals surface area (Å²) in [7, 11) is 0. The number of carboxylic acids is 2. The maximum atomic E-state index is 11.0. The van der Waals surface area contributed by atoms with Crippen molar-refractivity contribution in [1.82, 2.24) is 0 Å².